The first-order valence-corrected chi connectivity index (χ1v) is 15.8. The fourth-order valence-corrected chi connectivity index (χ4v) is 6.03. The lowest BCUT2D eigenvalue weighted by Gasteiger charge is -2.18. The van der Waals surface area contributed by atoms with Crippen LogP contribution in [0.4, 0.5) is 5.69 Å². The summed E-state index contributed by atoms with van der Waals surface area (Å²) in [4.78, 5) is 16.9. The lowest BCUT2D eigenvalue weighted by Crippen LogP contribution is -2.09. The van der Waals surface area contributed by atoms with Crippen molar-refractivity contribution < 1.29 is 22.7 Å². The van der Waals surface area contributed by atoms with Crippen LogP contribution in [-0.4, -0.2) is 42.0 Å². The van der Waals surface area contributed by atoms with E-state index in [1.807, 2.05) is 48.7 Å². The van der Waals surface area contributed by atoms with Crippen molar-refractivity contribution in [1.82, 2.24) is 14.8 Å². The number of nitrogens with zero attached hydrogens (tertiary/aromatic N) is 3. The van der Waals surface area contributed by atoms with Crippen molar-refractivity contribution in [3.05, 3.63) is 113 Å². The molecule has 9 nitrogen and oxygen atoms in total. The number of pyridine rings is 1. The molecule has 1 N–H and O–H groups in total. The number of rotatable bonds is 7. The fourth-order valence-electron chi connectivity index (χ4n) is 5.48. The Hall–Kier alpha value is -4.96. The molecule has 0 saturated heterocycles. The van der Waals surface area contributed by atoms with Gasteiger partial charge in [0.05, 0.1) is 35.8 Å². The molecular weight excluding hydrogens is 564 g/mol. The van der Waals surface area contributed by atoms with Crippen LogP contribution in [0.5, 0.6) is 5.88 Å². The molecule has 3 heterocycles. The van der Waals surface area contributed by atoms with Gasteiger partial charge < -0.3 is 9.47 Å². The number of nitrogens with one attached hydrogen (secondary N) is 1. The van der Waals surface area contributed by atoms with Gasteiger partial charge in [-0.2, -0.15) is 5.10 Å². The molecule has 3 aromatic carbocycles. The van der Waals surface area contributed by atoms with Crippen LogP contribution < -0.4 is 9.46 Å². The zero-order valence-corrected chi connectivity index (χ0v) is 24.8. The third-order valence-electron chi connectivity index (χ3n) is 7.24. The van der Waals surface area contributed by atoms with Crippen LogP contribution in [0.2, 0.25) is 0 Å². The molecule has 43 heavy (non-hydrogen) atoms. The van der Waals surface area contributed by atoms with Crippen molar-refractivity contribution in [2.75, 3.05) is 17.6 Å². The molecule has 2 aromatic heterocycles. The summed E-state index contributed by atoms with van der Waals surface area (Å²) in [5.74, 6) is 0.143. The molecule has 0 aliphatic carbocycles. The van der Waals surface area contributed by atoms with E-state index in [1.165, 1.54) is 0 Å². The standard InChI is InChI=1S/C33H30N4O5S/c1-4-27(21-9-6-11-25(15-21)36-43(3,39)40)31-28-13-8-14-34-32(28)42-20-24-18-30-23(17-29(24)31)19-35-37(30)26-12-7-10-22(16-26)33(38)41-5-2/h6-19,36H,4-5,20H2,1-3H3/b31-27+. The number of allylic oxidation sites excluding steroid dienone is 1. The highest BCUT2D eigenvalue weighted by Gasteiger charge is 2.25. The van der Waals surface area contributed by atoms with E-state index < -0.39 is 10.0 Å². The number of hydrogen-bond donors (Lipinski definition) is 1. The van der Waals surface area contributed by atoms with E-state index in [0.717, 1.165) is 56.2 Å². The van der Waals surface area contributed by atoms with Crippen LogP contribution >= 0.6 is 0 Å². The summed E-state index contributed by atoms with van der Waals surface area (Å²) in [6.07, 6.45) is 5.32. The second-order valence-electron chi connectivity index (χ2n) is 10.2. The maximum absolute atomic E-state index is 12.4. The number of carbonyl (C=O) groups excluding carboxylic acids is 1. The van der Waals surface area contributed by atoms with Gasteiger partial charge in [-0.05, 0) is 95.8 Å². The van der Waals surface area contributed by atoms with Gasteiger partial charge in [0.25, 0.3) is 0 Å². The smallest absolute Gasteiger partial charge is 0.338 e. The zero-order valence-electron chi connectivity index (χ0n) is 24.0. The lowest BCUT2D eigenvalue weighted by molar-refractivity contribution is 0.0526. The summed E-state index contributed by atoms with van der Waals surface area (Å²) in [6.45, 7) is 4.44. The topological polar surface area (TPSA) is 112 Å². The average Bonchev–Trinajstić information content (AvgIpc) is 3.33. The van der Waals surface area contributed by atoms with Gasteiger partial charge in [0, 0.05) is 22.8 Å². The Bertz CT molecular complexity index is 2010. The molecule has 1 aliphatic heterocycles. The highest BCUT2D eigenvalue weighted by Crippen LogP contribution is 2.43. The molecule has 218 valence electrons. The monoisotopic (exact) mass is 594 g/mol. The quantitative estimate of drug-likeness (QED) is 0.222. The van der Waals surface area contributed by atoms with Crippen molar-refractivity contribution in [3.63, 3.8) is 0 Å². The van der Waals surface area contributed by atoms with Crippen molar-refractivity contribution in [3.8, 4) is 11.6 Å². The van der Waals surface area contributed by atoms with Crippen LogP contribution in [0, 0.1) is 0 Å². The summed E-state index contributed by atoms with van der Waals surface area (Å²) in [5, 5.41) is 5.59. The van der Waals surface area contributed by atoms with Gasteiger partial charge in [-0.1, -0.05) is 25.1 Å². The summed E-state index contributed by atoms with van der Waals surface area (Å²) in [6, 6.07) is 22.7. The van der Waals surface area contributed by atoms with Gasteiger partial charge in [-0.3, -0.25) is 4.72 Å². The minimum atomic E-state index is -3.44. The molecule has 0 saturated carbocycles. The Morgan fingerprint density at radius 1 is 1.00 bits per heavy atom. The molecule has 0 radical (unpaired) electrons. The summed E-state index contributed by atoms with van der Waals surface area (Å²) in [7, 11) is -3.44. The number of esters is 1. The highest BCUT2D eigenvalue weighted by atomic mass is 32.2. The molecule has 0 unspecified atom stereocenters. The van der Waals surface area contributed by atoms with Crippen LogP contribution in [0.15, 0.2) is 85.2 Å². The van der Waals surface area contributed by atoms with Crippen molar-refractivity contribution in [1.29, 1.82) is 0 Å². The van der Waals surface area contributed by atoms with Gasteiger partial charge in [-0.15, -0.1) is 0 Å². The molecule has 0 amide bonds. The second-order valence-corrected chi connectivity index (χ2v) is 12.0. The molecule has 0 bridgehead atoms. The van der Waals surface area contributed by atoms with E-state index in [-0.39, 0.29) is 5.97 Å². The van der Waals surface area contributed by atoms with Gasteiger partial charge in [0.1, 0.15) is 6.61 Å². The Kier molecular flexibility index (Phi) is 7.45. The summed E-state index contributed by atoms with van der Waals surface area (Å²) >= 11 is 0. The first kappa shape index (κ1) is 28.2. The largest absolute Gasteiger partial charge is 0.472 e. The minimum absolute atomic E-state index is 0.291. The number of aromatic nitrogens is 3. The Morgan fingerprint density at radius 2 is 1.81 bits per heavy atom. The number of sulfonamides is 1. The lowest BCUT2D eigenvalue weighted by atomic mass is 9.86. The van der Waals surface area contributed by atoms with E-state index >= 15 is 0 Å². The first-order valence-electron chi connectivity index (χ1n) is 13.9. The average molecular weight is 595 g/mol. The van der Waals surface area contributed by atoms with Crippen molar-refractivity contribution >= 4 is 43.7 Å². The van der Waals surface area contributed by atoms with Crippen molar-refractivity contribution in [2.45, 2.75) is 26.9 Å². The molecular formula is C33H30N4O5S. The molecule has 0 spiro atoms. The predicted molar refractivity (Wildman–Crippen MR) is 167 cm³/mol. The number of ether oxygens (including phenoxy) is 2. The van der Waals surface area contributed by atoms with Crippen LogP contribution in [-0.2, 0) is 21.4 Å². The zero-order chi connectivity index (χ0) is 30.1. The minimum Gasteiger partial charge on any atom is -0.472 e. The molecule has 1 aliphatic rings. The maximum Gasteiger partial charge on any atom is 0.338 e. The maximum atomic E-state index is 12.4. The molecule has 5 aromatic rings. The van der Waals surface area contributed by atoms with Gasteiger partial charge in [0.2, 0.25) is 15.9 Å². The van der Waals surface area contributed by atoms with Gasteiger partial charge in [0.15, 0.2) is 0 Å². The number of hydrogen-bond acceptors (Lipinski definition) is 7. The SMILES string of the molecule is CCOC(=O)c1cccc(-n2ncc3cc4c(cc32)COc2ncccc2/C4=C(/CC)c2cccc(NS(C)(=O)=O)c2)c1. The predicted octanol–water partition coefficient (Wildman–Crippen LogP) is 6.23. The Morgan fingerprint density at radius 3 is 2.60 bits per heavy atom. The normalized spacial score (nSPS) is 13.8. The van der Waals surface area contributed by atoms with Crippen LogP contribution in [0.1, 0.15) is 52.9 Å². The number of anilines is 1. The molecule has 0 fully saturated rings. The molecule has 0 atom stereocenters. The fraction of sp³-hybridized carbons (Fsp3) is 0.182. The van der Waals surface area contributed by atoms with Crippen LogP contribution in [0.3, 0.4) is 0 Å². The van der Waals surface area contributed by atoms with E-state index in [9.17, 15) is 13.2 Å². The summed E-state index contributed by atoms with van der Waals surface area (Å²) < 4.78 is 39.7. The Balaban J connectivity index is 1.55. The molecule has 10 heteroatoms. The van der Waals surface area contributed by atoms with E-state index in [0.29, 0.717) is 36.8 Å². The van der Waals surface area contributed by atoms with Gasteiger partial charge in [-0.25, -0.2) is 22.9 Å². The highest BCUT2D eigenvalue weighted by molar-refractivity contribution is 7.92. The summed E-state index contributed by atoms with van der Waals surface area (Å²) in [5.41, 5.74) is 8.20. The Labute approximate surface area is 249 Å². The first-order chi connectivity index (χ1) is 20.8. The third-order valence-corrected chi connectivity index (χ3v) is 7.85. The van der Waals surface area contributed by atoms with E-state index in [1.54, 1.807) is 36.0 Å². The van der Waals surface area contributed by atoms with Gasteiger partial charge >= 0.3 is 5.97 Å². The number of fused-ring (bicyclic) bond motifs is 3. The van der Waals surface area contributed by atoms with E-state index in [2.05, 4.69) is 33.9 Å². The second kappa shape index (κ2) is 11.4. The number of carbonyl (C=O) groups is 1. The van der Waals surface area contributed by atoms with E-state index in [4.69, 9.17) is 9.47 Å². The number of benzene rings is 3. The molecule has 6 rings (SSSR count). The van der Waals surface area contributed by atoms with Crippen LogP contribution in [0.25, 0.3) is 27.7 Å². The van der Waals surface area contributed by atoms with Crippen molar-refractivity contribution in [2.24, 2.45) is 0 Å². The third kappa shape index (κ3) is 5.61.